The molecule has 1 heterocycles. The number of aryl methyl sites for hydroxylation is 1. The molecule has 1 aromatic heterocycles. The minimum atomic E-state index is -0.924. The van der Waals surface area contributed by atoms with Crippen LogP contribution in [0.5, 0.6) is 0 Å². The fraction of sp³-hybridized carbons (Fsp3) is 0.667. The largest absolute Gasteiger partial charge is 0.478 e. The molecule has 1 aliphatic carbocycles. The zero-order chi connectivity index (χ0) is 14.0. The van der Waals surface area contributed by atoms with Gasteiger partial charge in [-0.25, -0.2) is 4.79 Å². The van der Waals surface area contributed by atoms with Gasteiger partial charge in [0.25, 0.3) is 0 Å². The van der Waals surface area contributed by atoms with Crippen LogP contribution < -0.4 is 5.32 Å². The van der Waals surface area contributed by atoms with Gasteiger partial charge in [0.1, 0.15) is 17.1 Å². The maximum Gasteiger partial charge on any atom is 0.339 e. The van der Waals surface area contributed by atoms with Crippen molar-refractivity contribution in [2.24, 2.45) is 11.8 Å². The Bertz CT molecular complexity index is 452. The Balaban J connectivity index is 1.95. The molecule has 0 saturated heterocycles. The van der Waals surface area contributed by atoms with Crippen molar-refractivity contribution in [1.82, 2.24) is 5.32 Å². The predicted molar refractivity (Wildman–Crippen MR) is 73.2 cm³/mol. The average molecular weight is 265 g/mol. The Labute approximate surface area is 114 Å². The molecular formula is C15H23NO3. The van der Waals surface area contributed by atoms with Gasteiger partial charge in [0.15, 0.2) is 0 Å². The summed E-state index contributed by atoms with van der Waals surface area (Å²) in [5.74, 6) is 1.67. The molecule has 3 unspecified atom stereocenters. The van der Waals surface area contributed by atoms with Gasteiger partial charge in [0.05, 0.1) is 6.54 Å². The average Bonchev–Trinajstić information content (AvgIpc) is 2.73. The second kappa shape index (κ2) is 5.78. The summed E-state index contributed by atoms with van der Waals surface area (Å²) in [6.07, 6.45) is 3.76. The summed E-state index contributed by atoms with van der Waals surface area (Å²) in [5, 5.41) is 12.5. The van der Waals surface area contributed by atoms with Crippen LogP contribution in [-0.4, -0.2) is 17.1 Å². The molecular weight excluding hydrogens is 242 g/mol. The molecule has 19 heavy (non-hydrogen) atoms. The number of furan rings is 1. The van der Waals surface area contributed by atoms with Crippen LogP contribution in [0.3, 0.4) is 0 Å². The van der Waals surface area contributed by atoms with Gasteiger partial charge in [-0.05, 0) is 31.2 Å². The third-order valence-electron chi connectivity index (χ3n) is 4.44. The molecule has 2 rings (SSSR count). The summed E-state index contributed by atoms with van der Waals surface area (Å²) in [7, 11) is 0. The van der Waals surface area contributed by atoms with E-state index in [9.17, 15) is 4.79 Å². The molecule has 0 radical (unpaired) electrons. The molecule has 1 saturated carbocycles. The van der Waals surface area contributed by atoms with Gasteiger partial charge in [0, 0.05) is 6.04 Å². The highest BCUT2D eigenvalue weighted by atomic mass is 16.4. The maximum absolute atomic E-state index is 11.0. The van der Waals surface area contributed by atoms with E-state index in [-0.39, 0.29) is 5.56 Å². The van der Waals surface area contributed by atoms with E-state index in [0.717, 1.165) is 5.92 Å². The van der Waals surface area contributed by atoms with Crippen molar-refractivity contribution >= 4 is 5.97 Å². The van der Waals surface area contributed by atoms with E-state index >= 15 is 0 Å². The summed E-state index contributed by atoms with van der Waals surface area (Å²) in [5.41, 5.74) is 0.266. The maximum atomic E-state index is 11.0. The van der Waals surface area contributed by atoms with E-state index < -0.39 is 5.97 Å². The topological polar surface area (TPSA) is 62.5 Å². The van der Waals surface area contributed by atoms with Gasteiger partial charge in [-0.3, -0.25) is 0 Å². The Kier molecular flexibility index (Phi) is 4.30. The highest BCUT2D eigenvalue weighted by Gasteiger charge is 2.26. The molecule has 0 aromatic carbocycles. The van der Waals surface area contributed by atoms with Gasteiger partial charge in [-0.1, -0.05) is 26.7 Å². The van der Waals surface area contributed by atoms with Crippen LogP contribution in [0.4, 0.5) is 0 Å². The molecule has 0 spiro atoms. The lowest BCUT2D eigenvalue weighted by Gasteiger charge is -2.34. The number of nitrogens with one attached hydrogen (secondary N) is 1. The fourth-order valence-electron chi connectivity index (χ4n) is 2.94. The predicted octanol–water partition coefficient (Wildman–Crippen LogP) is 3.20. The molecule has 4 heteroatoms. The van der Waals surface area contributed by atoms with E-state index in [0.29, 0.717) is 30.0 Å². The lowest BCUT2D eigenvalue weighted by Crippen LogP contribution is -2.40. The first-order valence-corrected chi connectivity index (χ1v) is 7.05. The van der Waals surface area contributed by atoms with Crippen LogP contribution in [0.2, 0.25) is 0 Å². The van der Waals surface area contributed by atoms with E-state index in [2.05, 4.69) is 19.2 Å². The number of aromatic carboxylic acids is 1. The van der Waals surface area contributed by atoms with Gasteiger partial charge in [-0.2, -0.15) is 0 Å². The Morgan fingerprint density at radius 1 is 1.47 bits per heavy atom. The first kappa shape index (κ1) is 14.1. The molecule has 4 nitrogen and oxygen atoms in total. The highest BCUT2D eigenvalue weighted by molar-refractivity contribution is 5.88. The molecule has 0 aliphatic heterocycles. The minimum Gasteiger partial charge on any atom is -0.478 e. The van der Waals surface area contributed by atoms with Crippen LogP contribution in [0.15, 0.2) is 10.5 Å². The second-order valence-electron chi connectivity index (χ2n) is 5.74. The number of rotatable bonds is 4. The molecule has 1 aromatic rings. The second-order valence-corrected chi connectivity index (χ2v) is 5.74. The van der Waals surface area contributed by atoms with Crippen molar-refractivity contribution in [1.29, 1.82) is 0 Å². The lowest BCUT2D eigenvalue weighted by molar-refractivity contribution is 0.0695. The smallest absolute Gasteiger partial charge is 0.339 e. The number of carbonyl (C=O) groups is 1. The Morgan fingerprint density at radius 3 is 2.84 bits per heavy atom. The van der Waals surface area contributed by atoms with Crippen LogP contribution in [0.25, 0.3) is 0 Å². The van der Waals surface area contributed by atoms with Crippen molar-refractivity contribution in [3.63, 3.8) is 0 Å². The van der Waals surface area contributed by atoms with Crippen LogP contribution in [-0.2, 0) is 6.54 Å². The first-order valence-electron chi connectivity index (χ1n) is 7.05. The molecule has 0 amide bonds. The fourth-order valence-corrected chi connectivity index (χ4v) is 2.94. The molecule has 106 valence electrons. The van der Waals surface area contributed by atoms with Gasteiger partial charge in [0.2, 0.25) is 0 Å². The number of hydrogen-bond acceptors (Lipinski definition) is 3. The Hall–Kier alpha value is -1.29. The SMILES string of the molecule is Cc1oc(CNC2CCCC(C)C2C)cc1C(=O)O. The summed E-state index contributed by atoms with van der Waals surface area (Å²) in [6, 6.07) is 2.13. The monoisotopic (exact) mass is 265 g/mol. The van der Waals surface area contributed by atoms with Gasteiger partial charge < -0.3 is 14.8 Å². The van der Waals surface area contributed by atoms with Crippen molar-refractivity contribution in [2.45, 2.75) is 52.6 Å². The quantitative estimate of drug-likeness (QED) is 0.877. The lowest BCUT2D eigenvalue weighted by atomic mass is 9.78. The van der Waals surface area contributed by atoms with Crippen molar-refractivity contribution in [2.75, 3.05) is 0 Å². The Morgan fingerprint density at radius 2 is 2.21 bits per heavy atom. The summed E-state index contributed by atoms with van der Waals surface area (Å²) in [4.78, 5) is 11.0. The van der Waals surface area contributed by atoms with Crippen molar-refractivity contribution in [3.05, 3.63) is 23.2 Å². The number of carboxylic acids is 1. The van der Waals surface area contributed by atoms with Crippen LogP contribution >= 0.6 is 0 Å². The van der Waals surface area contributed by atoms with Crippen molar-refractivity contribution < 1.29 is 14.3 Å². The normalized spacial score (nSPS) is 27.4. The third-order valence-corrected chi connectivity index (χ3v) is 4.44. The van der Waals surface area contributed by atoms with E-state index in [1.807, 2.05) is 0 Å². The van der Waals surface area contributed by atoms with E-state index in [4.69, 9.17) is 9.52 Å². The van der Waals surface area contributed by atoms with E-state index in [1.54, 1.807) is 13.0 Å². The zero-order valence-corrected chi connectivity index (χ0v) is 11.9. The minimum absolute atomic E-state index is 0.266. The molecule has 0 bridgehead atoms. The molecule has 2 N–H and O–H groups in total. The van der Waals surface area contributed by atoms with Crippen LogP contribution in [0, 0.1) is 18.8 Å². The van der Waals surface area contributed by atoms with Crippen LogP contribution in [0.1, 0.15) is 55.0 Å². The standard InChI is InChI=1S/C15H23NO3/c1-9-5-4-6-14(10(9)2)16-8-12-7-13(15(17)18)11(3)19-12/h7,9-10,14,16H,4-6,8H2,1-3H3,(H,17,18). The number of hydrogen-bond donors (Lipinski definition) is 2. The van der Waals surface area contributed by atoms with Crippen molar-refractivity contribution in [3.8, 4) is 0 Å². The highest BCUT2D eigenvalue weighted by Crippen LogP contribution is 2.29. The third kappa shape index (κ3) is 3.18. The first-order chi connectivity index (χ1) is 8.99. The molecule has 1 aliphatic rings. The summed E-state index contributed by atoms with van der Waals surface area (Å²) >= 11 is 0. The summed E-state index contributed by atoms with van der Waals surface area (Å²) < 4.78 is 5.49. The van der Waals surface area contributed by atoms with E-state index in [1.165, 1.54) is 19.3 Å². The van der Waals surface area contributed by atoms with Gasteiger partial charge >= 0.3 is 5.97 Å². The molecule has 3 atom stereocenters. The number of carboxylic acid groups (broad SMARTS) is 1. The molecule has 1 fully saturated rings. The van der Waals surface area contributed by atoms with Gasteiger partial charge in [-0.15, -0.1) is 0 Å². The summed E-state index contributed by atoms with van der Waals surface area (Å²) in [6.45, 7) is 6.89. The zero-order valence-electron chi connectivity index (χ0n) is 11.9.